The van der Waals surface area contributed by atoms with Crippen molar-refractivity contribution in [2.24, 2.45) is 0 Å². The summed E-state index contributed by atoms with van der Waals surface area (Å²) in [5.74, 6) is 1.63. The van der Waals surface area contributed by atoms with Crippen LogP contribution in [0.2, 0.25) is 51.4 Å². The molecular formula is C44H64N6O4Si2. The first-order valence-electron chi connectivity index (χ1n) is 20.9. The van der Waals surface area contributed by atoms with Gasteiger partial charge in [0.2, 0.25) is 0 Å². The topological polar surface area (TPSA) is 94.3 Å². The largest absolute Gasteiger partial charge is 0.444 e. The lowest BCUT2D eigenvalue weighted by atomic mass is 9.85. The van der Waals surface area contributed by atoms with E-state index in [0.717, 1.165) is 103 Å². The standard InChI is InChI=1S/C44H64N6O4Si2/c1-44(2,3)54-43(51)49-35-18-19-36(49)26-34(25-35)40-39(32-15-16-32)42(48(29-52-21-23-55(4,5)6)30-53-22-24-56(7,8)9)50-41(47-40)37(28-46-50)33-17-20-38(45-27-33)31-13-11-10-12-14-31/h10-14,17,20,27-28,32,34-36H,15-16,18-19,21-26,29-30H2,1-9H3. The van der Waals surface area contributed by atoms with Crippen molar-refractivity contribution in [3.63, 3.8) is 0 Å². The molecule has 7 rings (SSSR count). The molecule has 1 aromatic carbocycles. The molecule has 2 bridgehead atoms. The second kappa shape index (κ2) is 16.3. The van der Waals surface area contributed by atoms with Crippen LogP contribution in [-0.2, 0) is 14.2 Å². The van der Waals surface area contributed by atoms with E-state index in [0.29, 0.717) is 19.4 Å². The highest BCUT2D eigenvalue weighted by Crippen LogP contribution is 2.52. The molecule has 302 valence electrons. The van der Waals surface area contributed by atoms with Gasteiger partial charge < -0.3 is 24.0 Å². The van der Waals surface area contributed by atoms with E-state index in [-0.39, 0.29) is 24.1 Å². The molecule has 0 spiro atoms. The van der Waals surface area contributed by atoms with Crippen molar-refractivity contribution in [3.05, 3.63) is 66.1 Å². The summed E-state index contributed by atoms with van der Waals surface area (Å²) in [6.07, 6.45) is 9.69. The lowest BCUT2D eigenvalue weighted by molar-refractivity contribution is 0.00566. The van der Waals surface area contributed by atoms with Crippen LogP contribution in [0, 0.1) is 0 Å². The minimum Gasteiger partial charge on any atom is -0.444 e. The maximum absolute atomic E-state index is 13.5. The SMILES string of the molecule is CC(C)(C)OC(=O)N1C2CCC1CC(c1nc3c(-c4ccc(-c5ccccc5)nc4)cnn3c(N(COCC[Si](C)(C)C)COCC[Si](C)(C)C)c1C1CC1)C2. The van der Waals surface area contributed by atoms with Crippen LogP contribution in [-0.4, -0.2) is 91.1 Å². The zero-order chi connectivity index (χ0) is 39.8. The molecule has 2 atom stereocenters. The van der Waals surface area contributed by atoms with Gasteiger partial charge in [0, 0.05) is 75.8 Å². The summed E-state index contributed by atoms with van der Waals surface area (Å²) in [7, 11) is -2.58. The van der Waals surface area contributed by atoms with Gasteiger partial charge in [0.1, 0.15) is 24.9 Å². The number of carbonyl (C=O) groups is 1. The second-order valence-corrected chi connectivity index (χ2v) is 31.0. The number of benzene rings is 1. The van der Waals surface area contributed by atoms with Crippen LogP contribution in [0.3, 0.4) is 0 Å². The normalized spacial score (nSPS) is 20.2. The predicted octanol–water partition coefficient (Wildman–Crippen LogP) is 10.4. The molecule has 12 heteroatoms. The first-order valence-corrected chi connectivity index (χ1v) is 28.3. The summed E-state index contributed by atoms with van der Waals surface area (Å²) in [6, 6.07) is 17.0. The lowest BCUT2D eigenvalue weighted by Crippen LogP contribution is -2.48. The Morgan fingerprint density at radius 1 is 0.804 bits per heavy atom. The van der Waals surface area contributed by atoms with Gasteiger partial charge in [-0.05, 0) is 83.4 Å². The van der Waals surface area contributed by atoms with E-state index in [4.69, 9.17) is 29.3 Å². The number of nitrogens with zero attached hydrogens (tertiary/aromatic N) is 6. The molecule has 5 heterocycles. The van der Waals surface area contributed by atoms with E-state index in [1.54, 1.807) is 0 Å². The fraction of sp³-hybridized carbons (Fsp3) is 0.591. The number of aromatic nitrogens is 4. The van der Waals surface area contributed by atoms with Gasteiger partial charge in [0.25, 0.3) is 0 Å². The number of carbonyl (C=O) groups excluding carboxylic acids is 1. The highest BCUT2D eigenvalue weighted by Gasteiger charge is 2.47. The maximum Gasteiger partial charge on any atom is 0.410 e. The Kier molecular flexibility index (Phi) is 11.9. The molecule has 2 aliphatic heterocycles. The Balaban J connectivity index is 1.31. The van der Waals surface area contributed by atoms with E-state index >= 15 is 0 Å². The maximum atomic E-state index is 13.5. The van der Waals surface area contributed by atoms with E-state index in [2.05, 4.69) is 73.0 Å². The number of piperidine rings is 1. The van der Waals surface area contributed by atoms with Crippen molar-refractivity contribution in [1.82, 2.24) is 24.5 Å². The molecular weight excluding hydrogens is 733 g/mol. The molecule has 1 amide bonds. The molecule has 1 saturated carbocycles. The summed E-state index contributed by atoms with van der Waals surface area (Å²) in [6.45, 7) is 22.5. The van der Waals surface area contributed by atoms with Crippen molar-refractivity contribution < 1.29 is 19.0 Å². The van der Waals surface area contributed by atoms with Gasteiger partial charge >= 0.3 is 6.09 Å². The summed E-state index contributed by atoms with van der Waals surface area (Å²) in [5, 5.41) is 5.12. The highest BCUT2D eigenvalue weighted by molar-refractivity contribution is 6.76. The lowest BCUT2D eigenvalue weighted by Gasteiger charge is -2.40. The van der Waals surface area contributed by atoms with Gasteiger partial charge in [-0.2, -0.15) is 9.61 Å². The van der Waals surface area contributed by atoms with Gasteiger partial charge in [-0.3, -0.25) is 4.98 Å². The number of anilines is 1. The third-order valence-electron chi connectivity index (χ3n) is 11.3. The van der Waals surface area contributed by atoms with E-state index in [1.807, 2.05) is 56.3 Å². The number of fused-ring (bicyclic) bond motifs is 3. The molecule has 10 nitrogen and oxygen atoms in total. The zero-order valence-corrected chi connectivity index (χ0v) is 37.3. The Hall–Kier alpha value is -3.59. The van der Waals surface area contributed by atoms with Crippen LogP contribution < -0.4 is 4.90 Å². The quantitative estimate of drug-likeness (QED) is 0.0667. The fourth-order valence-electron chi connectivity index (χ4n) is 8.20. The second-order valence-electron chi connectivity index (χ2n) is 19.8. The van der Waals surface area contributed by atoms with Crippen LogP contribution in [0.4, 0.5) is 10.6 Å². The Bertz CT molecular complexity index is 1930. The molecule has 3 aromatic heterocycles. The third kappa shape index (κ3) is 9.74. The van der Waals surface area contributed by atoms with Crippen LogP contribution in [0.15, 0.2) is 54.9 Å². The number of pyridine rings is 1. The Morgan fingerprint density at radius 2 is 1.43 bits per heavy atom. The highest BCUT2D eigenvalue weighted by atomic mass is 28.3. The summed E-state index contributed by atoms with van der Waals surface area (Å²) < 4.78 is 21.1. The molecule has 0 radical (unpaired) electrons. The van der Waals surface area contributed by atoms with Crippen LogP contribution >= 0.6 is 0 Å². The van der Waals surface area contributed by atoms with Crippen LogP contribution in [0.1, 0.15) is 82.4 Å². The van der Waals surface area contributed by atoms with Gasteiger partial charge in [0.15, 0.2) is 5.65 Å². The Morgan fingerprint density at radius 3 is 1.96 bits per heavy atom. The zero-order valence-electron chi connectivity index (χ0n) is 35.3. The van der Waals surface area contributed by atoms with Crippen molar-refractivity contribution in [2.75, 3.05) is 31.6 Å². The van der Waals surface area contributed by atoms with Crippen molar-refractivity contribution in [1.29, 1.82) is 0 Å². The minimum absolute atomic E-state index is 0.132. The molecule has 3 fully saturated rings. The molecule has 1 aliphatic carbocycles. The molecule has 3 aliphatic rings. The van der Waals surface area contributed by atoms with Crippen molar-refractivity contribution >= 4 is 33.7 Å². The monoisotopic (exact) mass is 796 g/mol. The molecule has 0 N–H and O–H groups in total. The molecule has 56 heavy (non-hydrogen) atoms. The van der Waals surface area contributed by atoms with E-state index < -0.39 is 21.7 Å². The number of rotatable bonds is 15. The number of ether oxygens (including phenoxy) is 3. The summed E-state index contributed by atoms with van der Waals surface area (Å²) in [5.41, 5.74) is 6.68. The predicted molar refractivity (Wildman–Crippen MR) is 231 cm³/mol. The summed E-state index contributed by atoms with van der Waals surface area (Å²) >= 11 is 0. The Labute approximate surface area is 336 Å². The molecule has 2 unspecified atom stereocenters. The fourth-order valence-corrected chi connectivity index (χ4v) is 9.72. The van der Waals surface area contributed by atoms with Gasteiger partial charge in [0.05, 0.1) is 17.6 Å². The smallest absolute Gasteiger partial charge is 0.410 e. The number of amides is 1. The van der Waals surface area contributed by atoms with Crippen molar-refractivity contribution in [3.8, 4) is 22.4 Å². The van der Waals surface area contributed by atoms with Crippen molar-refractivity contribution in [2.45, 2.75) is 140 Å². The van der Waals surface area contributed by atoms with Gasteiger partial charge in [-0.15, -0.1) is 0 Å². The summed E-state index contributed by atoms with van der Waals surface area (Å²) in [4.78, 5) is 28.4. The van der Waals surface area contributed by atoms with Crippen LogP contribution in [0.25, 0.3) is 28.0 Å². The van der Waals surface area contributed by atoms with Gasteiger partial charge in [-0.1, -0.05) is 75.7 Å². The first-order chi connectivity index (χ1) is 26.5. The van der Waals surface area contributed by atoms with Crippen LogP contribution in [0.5, 0.6) is 0 Å². The molecule has 2 saturated heterocycles. The minimum atomic E-state index is -1.29. The van der Waals surface area contributed by atoms with Gasteiger partial charge in [-0.25, -0.2) is 9.78 Å². The number of hydrogen-bond donors (Lipinski definition) is 0. The van der Waals surface area contributed by atoms with E-state index in [9.17, 15) is 4.79 Å². The average molecular weight is 797 g/mol. The average Bonchev–Trinajstić information content (AvgIpc) is 3.82. The first kappa shape index (κ1) is 40.6. The van der Waals surface area contributed by atoms with E-state index in [1.165, 1.54) is 5.56 Å². The third-order valence-corrected chi connectivity index (χ3v) is 14.7. The number of hydrogen-bond acceptors (Lipinski definition) is 8. The molecule has 4 aromatic rings.